The fourth-order valence-corrected chi connectivity index (χ4v) is 2.32. The average molecular weight is 275 g/mol. The molecular formula is C13H16ClFO3. The Balaban J connectivity index is 2.57. The van der Waals surface area contributed by atoms with Gasteiger partial charge in [0.15, 0.2) is 5.79 Å². The van der Waals surface area contributed by atoms with Crippen molar-refractivity contribution in [1.82, 2.24) is 0 Å². The summed E-state index contributed by atoms with van der Waals surface area (Å²) in [6.45, 7) is 6.69. The largest absolute Gasteiger partial charge is 0.493 e. The van der Waals surface area contributed by atoms with Gasteiger partial charge in [0.1, 0.15) is 11.6 Å². The summed E-state index contributed by atoms with van der Waals surface area (Å²) in [5.74, 6) is -0.943. The summed E-state index contributed by atoms with van der Waals surface area (Å²) in [6, 6.07) is 1.51. The smallest absolute Gasteiger partial charge is 0.195 e. The van der Waals surface area contributed by atoms with Crippen LogP contribution in [0.5, 0.6) is 5.75 Å². The van der Waals surface area contributed by atoms with Gasteiger partial charge in [-0.1, -0.05) is 11.6 Å². The van der Waals surface area contributed by atoms with Gasteiger partial charge in [-0.2, -0.15) is 0 Å². The summed E-state index contributed by atoms with van der Waals surface area (Å²) in [5.41, 5.74) is 1.01. The van der Waals surface area contributed by atoms with Crippen molar-refractivity contribution in [2.45, 2.75) is 26.6 Å². The first-order valence-corrected chi connectivity index (χ1v) is 6.27. The molecule has 0 N–H and O–H groups in total. The van der Waals surface area contributed by atoms with Crippen LogP contribution in [-0.2, 0) is 15.3 Å². The Bertz CT molecular complexity index is 456. The van der Waals surface area contributed by atoms with Crippen LogP contribution in [0, 0.1) is 12.7 Å². The molecule has 0 radical (unpaired) electrons. The second kappa shape index (κ2) is 5.03. The van der Waals surface area contributed by atoms with Crippen molar-refractivity contribution in [1.29, 1.82) is 0 Å². The van der Waals surface area contributed by atoms with E-state index in [4.69, 9.17) is 25.8 Å². The fourth-order valence-electron chi connectivity index (χ4n) is 2.07. The summed E-state index contributed by atoms with van der Waals surface area (Å²) in [6.07, 6.45) is 0. The zero-order valence-electron chi connectivity index (χ0n) is 10.7. The standard InChI is InChI=1S/C13H16ClFO3/c1-4-16-12-8(2)11(15)10(14)7-9(12)13(3)17-5-6-18-13/h7H,4-6H2,1-3H3. The van der Waals surface area contributed by atoms with E-state index in [0.717, 1.165) is 0 Å². The van der Waals surface area contributed by atoms with Gasteiger partial charge in [-0.15, -0.1) is 0 Å². The topological polar surface area (TPSA) is 27.7 Å². The molecule has 0 spiro atoms. The van der Waals surface area contributed by atoms with Crippen LogP contribution in [0.1, 0.15) is 25.0 Å². The Hall–Kier alpha value is -0.840. The summed E-state index contributed by atoms with van der Waals surface area (Å²) in [4.78, 5) is 0. The Labute approximate surface area is 111 Å². The molecule has 2 rings (SSSR count). The first-order chi connectivity index (χ1) is 8.49. The van der Waals surface area contributed by atoms with Crippen molar-refractivity contribution >= 4 is 11.6 Å². The molecule has 5 heteroatoms. The lowest BCUT2D eigenvalue weighted by molar-refractivity contribution is -0.150. The minimum Gasteiger partial charge on any atom is -0.493 e. The van der Waals surface area contributed by atoms with E-state index in [1.807, 2.05) is 6.92 Å². The van der Waals surface area contributed by atoms with E-state index in [2.05, 4.69) is 0 Å². The molecule has 100 valence electrons. The number of hydrogen-bond donors (Lipinski definition) is 0. The van der Waals surface area contributed by atoms with E-state index < -0.39 is 11.6 Å². The van der Waals surface area contributed by atoms with Gasteiger partial charge in [-0.3, -0.25) is 0 Å². The third-order valence-electron chi connectivity index (χ3n) is 3.01. The maximum absolute atomic E-state index is 13.8. The minimum atomic E-state index is -0.924. The second-order valence-corrected chi connectivity index (χ2v) is 4.66. The summed E-state index contributed by atoms with van der Waals surface area (Å²) in [7, 11) is 0. The van der Waals surface area contributed by atoms with E-state index in [0.29, 0.717) is 36.7 Å². The van der Waals surface area contributed by atoms with Crippen LogP contribution in [0.4, 0.5) is 4.39 Å². The maximum Gasteiger partial charge on any atom is 0.195 e. The summed E-state index contributed by atoms with van der Waals surface area (Å²) in [5, 5.41) is 0.0475. The Morgan fingerprint density at radius 3 is 2.61 bits per heavy atom. The van der Waals surface area contributed by atoms with E-state index in [1.54, 1.807) is 13.8 Å². The van der Waals surface area contributed by atoms with Crippen molar-refractivity contribution < 1.29 is 18.6 Å². The lowest BCUT2D eigenvalue weighted by atomic mass is 10.0. The van der Waals surface area contributed by atoms with Gasteiger partial charge in [-0.05, 0) is 26.8 Å². The first-order valence-electron chi connectivity index (χ1n) is 5.89. The predicted molar refractivity (Wildman–Crippen MR) is 66.6 cm³/mol. The van der Waals surface area contributed by atoms with Crippen LogP contribution in [0.2, 0.25) is 5.02 Å². The Morgan fingerprint density at radius 2 is 2.06 bits per heavy atom. The fraction of sp³-hybridized carbons (Fsp3) is 0.538. The quantitative estimate of drug-likeness (QED) is 0.845. The molecule has 0 amide bonds. The normalized spacial score (nSPS) is 18.1. The zero-order valence-corrected chi connectivity index (χ0v) is 11.4. The molecule has 1 aromatic carbocycles. The third-order valence-corrected chi connectivity index (χ3v) is 3.29. The lowest BCUT2D eigenvalue weighted by Gasteiger charge is -2.26. The molecule has 0 bridgehead atoms. The van der Waals surface area contributed by atoms with Gasteiger partial charge < -0.3 is 14.2 Å². The van der Waals surface area contributed by atoms with Crippen LogP contribution in [0.25, 0.3) is 0 Å². The van der Waals surface area contributed by atoms with Gasteiger partial charge in [0.25, 0.3) is 0 Å². The molecule has 3 nitrogen and oxygen atoms in total. The molecule has 0 aliphatic carbocycles. The maximum atomic E-state index is 13.8. The first kappa shape index (κ1) is 13.6. The van der Waals surface area contributed by atoms with Crippen LogP contribution < -0.4 is 4.74 Å². The molecule has 1 fully saturated rings. The molecule has 0 saturated carbocycles. The highest BCUT2D eigenvalue weighted by atomic mass is 35.5. The van der Waals surface area contributed by atoms with Crippen molar-refractivity contribution in [2.75, 3.05) is 19.8 Å². The van der Waals surface area contributed by atoms with Crippen molar-refractivity contribution in [3.8, 4) is 5.75 Å². The van der Waals surface area contributed by atoms with Gasteiger partial charge in [0, 0.05) is 5.56 Å². The number of hydrogen-bond acceptors (Lipinski definition) is 3. The van der Waals surface area contributed by atoms with Crippen LogP contribution in [0.3, 0.4) is 0 Å². The highest BCUT2D eigenvalue weighted by molar-refractivity contribution is 6.31. The summed E-state index contributed by atoms with van der Waals surface area (Å²) >= 11 is 5.89. The van der Waals surface area contributed by atoms with Crippen LogP contribution in [-0.4, -0.2) is 19.8 Å². The third kappa shape index (κ3) is 2.20. The van der Waals surface area contributed by atoms with Gasteiger partial charge in [-0.25, -0.2) is 4.39 Å². The minimum absolute atomic E-state index is 0.0475. The SMILES string of the molecule is CCOc1c(C2(C)OCCO2)cc(Cl)c(F)c1C. The Morgan fingerprint density at radius 1 is 1.44 bits per heavy atom. The molecule has 0 atom stereocenters. The molecule has 1 heterocycles. The molecule has 0 aromatic heterocycles. The van der Waals surface area contributed by atoms with Crippen LogP contribution in [0.15, 0.2) is 6.07 Å². The van der Waals surface area contributed by atoms with E-state index in [9.17, 15) is 4.39 Å². The molecule has 0 unspecified atom stereocenters. The van der Waals surface area contributed by atoms with Gasteiger partial charge in [0.2, 0.25) is 0 Å². The van der Waals surface area contributed by atoms with E-state index >= 15 is 0 Å². The van der Waals surface area contributed by atoms with Gasteiger partial charge >= 0.3 is 0 Å². The van der Waals surface area contributed by atoms with Crippen molar-refractivity contribution in [3.63, 3.8) is 0 Å². The predicted octanol–water partition coefficient (Wildman–Crippen LogP) is 3.41. The molecule has 1 saturated heterocycles. The summed E-state index contributed by atoms with van der Waals surface area (Å²) < 4.78 is 30.5. The number of ether oxygens (including phenoxy) is 3. The molecule has 1 aliphatic heterocycles. The van der Waals surface area contributed by atoms with E-state index in [-0.39, 0.29) is 5.02 Å². The van der Waals surface area contributed by atoms with Gasteiger partial charge in [0.05, 0.1) is 30.4 Å². The average Bonchev–Trinajstić information content (AvgIpc) is 2.78. The molecule has 1 aromatic rings. The zero-order chi connectivity index (χ0) is 13.3. The Kier molecular flexibility index (Phi) is 3.80. The number of benzene rings is 1. The lowest BCUT2D eigenvalue weighted by Crippen LogP contribution is -2.24. The highest BCUT2D eigenvalue weighted by Crippen LogP contribution is 2.41. The monoisotopic (exact) mass is 274 g/mol. The number of halogens is 2. The van der Waals surface area contributed by atoms with E-state index in [1.165, 1.54) is 6.07 Å². The van der Waals surface area contributed by atoms with Crippen molar-refractivity contribution in [2.24, 2.45) is 0 Å². The van der Waals surface area contributed by atoms with Crippen molar-refractivity contribution in [3.05, 3.63) is 28.0 Å². The number of rotatable bonds is 3. The second-order valence-electron chi connectivity index (χ2n) is 4.25. The molecule has 1 aliphatic rings. The molecular weight excluding hydrogens is 259 g/mol. The highest BCUT2D eigenvalue weighted by Gasteiger charge is 2.37. The molecule has 18 heavy (non-hydrogen) atoms. The van der Waals surface area contributed by atoms with Crippen LogP contribution >= 0.6 is 11.6 Å².